The summed E-state index contributed by atoms with van der Waals surface area (Å²) in [7, 11) is 3.29. The second-order valence-corrected chi connectivity index (χ2v) is 9.11. The van der Waals surface area contributed by atoms with Crippen LogP contribution in [0.15, 0.2) is 65.1 Å². The van der Waals surface area contributed by atoms with Crippen LogP contribution in [0.2, 0.25) is 0 Å². The number of benzene rings is 2. The van der Waals surface area contributed by atoms with Gasteiger partial charge in [-0.1, -0.05) is 42.1 Å². The molecule has 0 aliphatic rings. The lowest BCUT2D eigenvalue weighted by atomic mass is 10.2. The Morgan fingerprint density at radius 1 is 1.12 bits per heavy atom. The van der Waals surface area contributed by atoms with Crippen molar-refractivity contribution in [3.63, 3.8) is 0 Å². The van der Waals surface area contributed by atoms with Gasteiger partial charge in [0.15, 0.2) is 11.0 Å². The van der Waals surface area contributed by atoms with Gasteiger partial charge in [-0.25, -0.2) is 4.98 Å². The zero-order valence-electron chi connectivity index (χ0n) is 18.9. The van der Waals surface area contributed by atoms with E-state index in [2.05, 4.69) is 20.5 Å². The lowest BCUT2D eigenvalue weighted by Crippen LogP contribution is -2.25. The molecule has 34 heavy (non-hydrogen) atoms. The number of amides is 1. The van der Waals surface area contributed by atoms with Crippen molar-refractivity contribution >= 4 is 29.0 Å². The lowest BCUT2D eigenvalue weighted by Gasteiger charge is -2.10. The summed E-state index contributed by atoms with van der Waals surface area (Å²) in [4.78, 5) is 16.8. The molecule has 0 spiro atoms. The van der Waals surface area contributed by atoms with Crippen molar-refractivity contribution in [2.45, 2.75) is 17.3 Å². The molecule has 0 saturated heterocycles. The second-order valence-electron chi connectivity index (χ2n) is 7.23. The summed E-state index contributed by atoms with van der Waals surface area (Å²) in [5, 5.41) is 15.2. The van der Waals surface area contributed by atoms with Crippen LogP contribution in [0.3, 0.4) is 0 Å². The topological polar surface area (TPSA) is 91.2 Å². The number of methoxy groups -OCH3 is 2. The summed E-state index contributed by atoms with van der Waals surface area (Å²) in [5.74, 6) is 1.88. The average molecular weight is 496 g/mol. The maximum absolute atomic E-state index is 12.3. The summed E-state index contributed by atoms with van der Waals surface area (Å²) < 4.78 is 12.4. The quantitative estimate of drug-likeness (QED) is 0.243. The Bertz CT molecular complexity index is 1230. The summed E-state index contributed by atoms with van der Waals surface area (Å²) in [6.45, 7) is 1.17. The monoisotopic (exact) mass is 495 g/mol. The standard InChI is InChI=1S/C24H25N5O3S2/c1-31-13-7-12-25-23(30)20-15-33-21(26-20)16-34-24-28-27-22(17-8-6-11-19(14-17)32-2)29(24)18-9-4-3-5-10-18/h3-6,8-11,14-15H,7,12-13,16H2,1-2H3,(H,25,30). The molecule has 0 saturated carbocycles. The second kappa shape index (κ2) is 11.8. The third kappa shape index (κ3) is 5.82. The number of aromatic nitrogens is 4. The zero-order valence-corrected chi connectivity index (χ0v) is 20.6. The van der Waals surface area contributed by atoms with Crippen LogP contribution in [-0.2, 0) is 10.5 Å². The Kier molecular flexibility index (Phi) is 8.29. The van der Waals surface area contributed by atoms with Crippen molar-refractivity contribution in [1.82, 2.24) is 25.1 Å². The molecule has 0 fully saturated rings. The molecule has 1 N–H and O–H groups in total. The van der Waals surface area contributed by atoms with Crippen LogP contribution in [0.1, 0.15) is 21.9 Å². The van der Waals surface area contributed by atoms with Crippen LogP contribution < -0.4 is 10.1 Å². The number of thiazole rings is 1. The number of para-hydroxylation sites is 1. The summed E-state index contributed by atoms with van der Waals surface area (Å²) in [6.07, 6.45) is 0.764. The van der Waals surface area contributed by atoms with Crippen LogP contribution in [0, 0.1) is 0 Å². The van der Waals surface area contributed by atoms with E-state index in [1.165, 1.54) is 23.1 Å². The predicted molar refractivity (Wildman–Crippen MR) is 134 cm³/mol. The molecule has 2 aromatic heterocycles. The van der Waals surface area contributed by atoms with Gasteiger partial charge in [-0.05, 0) is 30.7 Å². The molecule has 2 heterocycles. The van der Waals surface area contributed by atoms with Crippen LogP contribution >= 0.6 is 23.1 Å². The highest BCUT2D eigenvalue weighted by molar-refractivity contribution is 7.98. The first-order valence-electron chi connectivity index (χ1n) is 10.7. The third-order valence-corrected chi connectivity index (χ3v) is 6.87. The van der Waals surface area contributed by atoms with E-state index in [0.717, 1.165) is 39.4 Å². The highest BCUT2D eigenvalue weighted by atomic mass is 32.2. The third-order valence-electron chi connectivity index (χ3n) is 4.90. The number of carbonyl (C=O) groups is 1. The Labute approximate surface area is 206 Å². The minimum atomic E-state index is -0.170. The molecule has 0 unspecified atom stereocenters. The van der Waals surface area contributed by atoms with Gasteiger partial charge in [0, 0.05) is 36.9 Å². The van der Waals surface area contributed by atoms with E-state index in [4.69, 9.17) is 9.47 Å². The molecular weight excluding hydrogens is 470 g/mol. The minimum absolute atomic E-state index is 0.170. The van der Waals surface area contributed by atoms with Gasteiger partial charge in [0.2, 0.25) is 0 Å². The van der Waals surface area contributed by atoms with Gasteiger partial charge >= 0.3 is 0 Å². The zero-order chi connectivity index (χ0) is 23.8. The first kappa shape index (κ1) is 23.9. The van der Waals surface area contributed by atoms with E-state index < -0.39 is 0 Å². The number of ether oxygens (including phenoxy) is 2. The van der Waals surface area contributed by atoms with E-state index in [1.807, 2.05) is 59.2 Å². The maximum Gasteiger partial charge on any atom is 0.270 e. The van der Waals surface area contributed by atoms with Crippen molar-refractivity contribution in [1.29, 1.82) is 0 Å². The van der Waals surface area contributed by atoms with E-state index in [9.17, 15) is 4.79 Å². The molecule has 0 bridgehead atoms. The van der Waals surface area contributed by atoms with Crippen molar-refractivity contribution < 1.29 is 14.3 Å². The van der Waals surface area contributed by atoms with Crippen LogP contribution in [0.5, 0.6) is 5.75 Å². The van der Waals surface area contributed by atoms with Crippen LogP contribution in [0.25, 0.3) is 17.1 Å². The molecular formula is C24H25N5O3S2. The first-order valence-corrected chi connectivity index (χ1v) is 12.6. The molecule has 4 aromatic rings. The largest absolute Gasteiger partial charge is 0.497 e. The van der Waals surface area contributed by atoms with Crippen molar-refractivity contribution in [3.05, 3.63) is 70.7 Å². The molecule has 4 rings (SSSR count). The van der Waals surface area contributed by atoms with Gasteiger partial charge in [-0.2, -0.15) is 0 Å². The van der Waals surface area contributed by atoms with Gasteiger partial charge < -0.3 is 14.8 Å². The Balaban J connectivity index is 1.52. The maximum atomic E-state index is 12.3. The molecule has 8 nitrogen and oxygen atoms in total. The number of nitrogens with one attached hydrogen (secondary N) is 1. The van der Waals surface area contributed by atoms with Gasteiger partial charge in [-0.15, -0.1) is 21.5 Å². The fourth-order valence-corrected chi connectivity index (χ4v) is 4.98. The fourth-order valence-electron chi connectivity index (χ4n) is 3.24. The highest BCUT2D eigenvalue weighted by Gasteiger charge is 2.18. The SMILES string of the molecule is COCCCNC(=O)c1csc(CSc2nnc(-c3cccc(OC)c3)n2-c2ccccc2)n1. The van der Waals surface area contributed by atoms with Gasteiger partial charge in [0.05, 0.1) is 12.9 Å². The molecule has 0 atom stereocenters. The number of rotatable bonds is 11. The highest BCUT2D eigenvalue weighted by Crippen LogP contribution is 2.31. The van der Waals surface area contributed by atoms with Crippen molar-refractivity contribution in [2.24, 2.45) is 0 Å². The van der Waals surface area contributed by atoms with Gasteiger partial charge in [0.25, 0.3) is 5.91 Å². The Morgan fingerprint density at radius 2 is 1.97 bits per heavy atom. The first-order chi connectivity index (χ1) is 16.7. The summed E-state index contributed by atoms with van der Waals surface area (Å²) >= 11 is 2.99. The van der Waals surface area contributed by atoms with E-state index in [1.54, 1.807) is 19.6 Å². The van der Waals surface area contributed by atoms with Crippen molar-refractivity contribution in [3.8, 4) is 22.8 Å². The van der Waals surface area contributed by atoms with Crippen molar-refractivity contribution in [2.75, 3.05) is 27.4 Å². The molecule has 176 valence electrons. The molecule has 0 radical (unpaired) electrons. The smallest absolute Gasteiger partial charge is 0.270 e. The number of thioether (sulfide) groups is 1. The fraction of sp³-hybridized carbons (Fsp3) is 0.250. The van der Waals surface area contributed by atoms with Crippen LogP contribution in [0.4, 0.5) is 0 Å². The number of carbonyl (C=O) groups excluding carboxylic acids is 1. The number of hydrogen-bond acceptors (Lipinski definition) is 8. The molecule has 1 amide bonds. The predicted octanol–water partition coefficient (Wildman–Crippen LogP) is 4.46. The number of hydrogen-bond donors (Lipinski definition) is 1. The summed E-state index contributed by atoms with van der Waals surface area (Å²) in [5.41, 5.74) is 2.30. The molecule has 10 heteroatoms. The van der Waals surface area contributed by atoms with Crippen LogP contribution in [-0.4, -0.2) is 53.0 Å². The Morgan fingerprint density at radius 3 is 2.76 bits per heavy atom. The normalized spacial score (nSPS) is 10.9. The Hall–Kier alpha value is -3.21. The van der Waals surface area contributed by atoms with E-state index in [0.29, 0.717) is 24.6 Å². The van der Waals surface area contributed by atoms with E-state index >= 15 is 0 Å². The van der Waals surface area contributed by atoms with Gasteiger partial charge in [0.1, 0.15) is 16.5 Å². The van der Waals surface area contributed by atoms with E-state index in [-0.39, 0.29) is 5.91 Å². The van der Waals surface area contributed by atoms with Gasteiger partial charge in [-0.3, -0.25) is 9.36 Å². The molecule has 0 aliphatic heterocycles. The average Bonchev–Trinajstić information content (AvgIpc) is 3.53. The molecule has 0 aliphatic carbocycles. The summed E-state index contributed by atoms with van der Waals surface area (Å²) in [6, 6.07) is 17.7. The molecule has 2 aromatic carbocycles. The lowest BCUT2D eigenvalue weighted by molar-refractivity contribution is 0.0944. The number of nitrogens with zero attached hydrogens (tertiary/aromatic N) is 4. The minimum Gasteiger partial charge on any atom is -0.497 e.